The van der Waals surface area contributed by atoms with E-state index in [2.05, 4.69) is 81.5 Å². The number of rotatable bonds is 35. The van der Waals surface area contributed by atoms with Crippen molar-refractivity contribution in [3.05, 3.63) is 60.6 Å². The van der Waals surface area contributed by atoms with Gasteiger partial charge in [0.2, 0.25) is 5.79 Å². The lowest BCUT2D eigenvalue weighted by Crippen LogP contribution is -2.30. The van der Waals surface area contributed by atoms with Crippen LogP contribution in [0.2, 0.25) is 0 Å². The van der Waals surface area contributed by atoms with Crippen molar-refractivity contribution in [2.24, 2.45) is 0 Å². The summed E-state index contributed by atoms with van der Waals surface area (Å²) in [5.41, 5.74) is 0. The highest BCUT2D eigenvalue weighted by Gasteiger charge is 2.37. The molecule has 48 heavy (non-hydrogen) atoms. The van der Waals surface area contributed by atoms with Gasteiger partial charge in [0, 0.05) is 19.3 Å². The summed E-state index contributed by atoms with van der Waals surface area (Å²) in [6.45, 7) is 5.68. The van der Waals surface area contributed by atoms with Gasteiger partial charge in [-0.15, -0.1) is 0 Å². The largest absolute Gasteiger partial charge is 0.456 e. The van der Waals surface area contributed by atoms with Crippen molar-refractivity contribution in [1.82, 2.24) is 4.90 Å². The summed E-state index contributed by atoms with van der Waals surface area (Å²) in [5, 5.41) is 0. The molecular weight excluding hydrogens is 587 g/mol. The Hall–Kier alpha value is -1.74. The van der Waals surface area contributed by atoms with E-state index in [1.165, 1.54) is 154 Å². The highest BCUT2D eigenvalue weighted by Crippen LogP contribution is 2.37. The molecular formula is C45H81NO2. The van der Waals surface area contributed by atoms with Crippen LogP contribution in [-0.4, -0.2) is 31.3 Å². The fraction of sp³-hybridized carbons (Fsp3) is 0.778. The molecule has 0 aromatic heterocycles. The van der Waals surface area contributed by atoms with Crippen LogP contribution < -0.4 is 0 Å². The van der Waals surface area contributed by atoms with Crippen molar-refractivity contribution < 1.29 is 9.47 Å². The molecule has 1 aliphatic rings. The molecule has 0 aromatic carbocycles. The summed E-state index contributed by atoms with van der Waals surface area (Å²) >= 11 is 0. The first kappa shape index (κ1) is 44.3. The Morgan fingerprint density at radius 3 is 1.35 bits per heavy atom. The summed E-state index contributed by atoms with van der Waals surface area (Å²) in [6.07, 6.45) is 57.0. The van der Waals surface area contributed by atoms with Crippen LogP contribution in [0.25, 0.3) is 0 Å². The molecule has 0 N–H and O–H groups in total. The van der Waals surface area contributed by atoms with Gasteiger partial charge in [-0.3, -0.25) is 0 Å². The van der Waals surface area contributed by atoms with Crippen molar-refractivity contribution in [2.75, 3.05) is 20.6 Å². The normalized spacial score (nSPS) is 14.7. The van der Waals surface area contributed by atoms with Crippen molar-refractivity contribution in [1.29, 1.82) is 0 Å². The van der Waals surface area contributed by atoms with Gasteiger partial charge < -0.3 is 14.4 Å². The maximum atomic E-state index is 6.61. The molecule has 1 rings (SSSR count). The van der Waals surface area contributed by atoms with E-state index in [0.717, 1.165) is 44.4 Å². The van der Waals surface area contributed by atoms with E-state index in [9.17, 15) is 0 Å². The second-order valence-corrected chi connectivity index (χ2v) is 14.6. The number of hydrogen-bond acceptors (Lipinski definition) is 3. The van der Waals surface area contributed by atoms with E-state index in [0.29, 0.717) is 0 Å². The standard InChI is InChI=1S/C45H81NO2/c1-5-7-9-11-13-15-17-19-21-23-25-27-29-31-33-36-40-45(47-43-44(48-45)39-35-38-42-46(3)4)41-37-34-32-30-28-26-24-22-20-18-16-14-12-10-8-6-2/h13-16,19-22,43H,5-12,17-18,23-42H2,1-4H3/b15-13-,16-14-,21-19-,22-20-. The van der Waals surface area contributed by atoms with E-state index >= 15 is 0 Å². The second-order valence-electron chi connectivity index (χ2n) is 14.6. The van der Waals surface area contributed by atoms with Crippen LogP contribution in [0.5, 0.6) is 0 Å². The topological polar surface area (TPSA) is 21.7 Å². The van der Waals surface area contributed by atoms with E-state index < -0.39 is 5.79 Å². The molecule has 0 spiro atoms. The highest BCUT2D eigenvalue weighted by molar-refractivity contribution is 4.98. The van der Waals surface area contributed by atoms with E-state index in [1.54, 1.807) is 0 Å². The quantitative estimate of drug-likeness (QED) is 0.0496. The minimum Gasteiger partial charge on any atom is -0.456 e. The van der Waals surface area contributed by atoms with E-state index in [1.807, 2.05) is 6.26 Å². The number of nitrogens with zero attached hydrogens (tertiary/aromatic N) is 1. The summed E-state index contributed by atoms with van der Waals surface area (Å²) in [4.78, 5) is 2.27. The molecule has 0 unspecified atom stereocenters. The molecule has 0 saturated heterocycles. The molecule has 3 nitrogen and oxygen atoms in total. The Balaban J connectivity index is 2.21. The fourth-order valence-corrected chi connectivity index (χ4v) is 6.41. The Morgan fingerprint density at radius 1 is 0.500 bits per heavy atom. The summed E-state index contributed by atoms with van der Waals surface area (Å²) in [5.74, 6) is 0.676. The third kappa shape index (κ3) is 28.1. The average Bonchev–Trinajstić information content (AvgIpc) is 3.49. The summed E-state index contributed by atoms with van der Waals surface area (Å²) in [6, 6.07) is 0. The summed E-state index contributed by atoms with van der Waals surface area (Å²) < 4.78 is 13.0. The molecule has 3 heteroatoms. The molecule has 0 bridgehead atoms. The maximum Gasteiger partial charge on any atom is 0.250 e. The van der Waals surface area contributed by atoms with Crippen LogP contribution in [-0.2, 0) is 9.47 Å². The molecule has 0 amide bonds. The third-order valence-corrected chi connectivity index (χ3v) is 9.52. The Kier molecular flexibility index (Phi) is 31.1. The Morgan fingerprint density at radius 2 is 0.917 bits per heavy atom. The minimum atomic E-state index is -0.401. The van der Waals surface area contributed by atoms with Gasteiger partial charge in [-0.25, -0.2) is 0 Å². The molecule has 0 aliphatic carbocycles. The third-order valence-electron chi connectivity index (χ3n) is 9.52. The number of ether oxygens (including phenoxy) is 2. The van der Waals surface area contributed by atoms with Gasteiger partial charge in [0.15, 0.2) is 0 Å². The van der Waals surface area contributed by atoms with Crippen LogP contribution in [0.4, 0.5) is 0 Å². The van der Waals surface area contributed by atoms with Crippen molar-refractivity contribution in [3.8, 4) is 0 Å². The summed E-state index contributed by atoms with van der Waals surface area (Å²) in [7, 11) is 4.30. The number of hydrogen-bond donors (Lipinski definition) is 0. The second kappa shape index (κ2) is 33.7. The van der Waals surface area contributed by atoms with E-state index in [4.69, 9.17) is 9.47 Å². The average molecular weight is 668 g/mol. The molecule has 1 aliphatic heterocycles. The predicted octanol–water partition coefficient (Wildman–Crippen LogP) is 14.7. The molecule has 0 atom stereocenters. The lowest BCUT2D eigenvalue weighted by atomic mass is 9.98. The van der Waals surface area contributed by atoms with E-state index in [-0.39, 0.29) is 0 Å². The molecule has 0 aromatic rings. The first-order chi connectivity index (χ1) is 23.6. The zero-order chi connectivity index (χ0) is 34.6. The maximum absolute atomic E-state index is 6.61. The monoisotopic (exact) mass is 668 g/mol. The van der Waals surface area contributed by atoms with Gasteiger partial charge in [-0.1, -0.05) is 140 Å². The van der Waals surface area contributed by atoms with Gasteiger partial charge in [0.05, 0.1) is 0 Å². The van der Waals surface area contributed by atoms with Gasteiger partial charge in [-0.2, -0.15) is 0 Å². The lowest BCUT2D eigenvalue weighted by Gasteiger charge is -2.29. The van der Waals surface area contributed by atoms with Crippen LogP contribution >= 0.6 is 0 Å². The van der Waals surface area contributed by atoms with Crippen LogP contribution in [0.3, 0.4) is 0 Å². The Bertz CT molecular complexity index is 788. The van der Waals surface area contributed by atoms with Crippen LogP contribution in [0.1, 0.15) is 200 Å². The molecule has 0 saturated carbocycles. The first-order valence-corrected chi connectivity index (χ1v) is 20.9. The minimum absolute atomic E-state index is 0.401. The van der Waals surface area contributed by atoms with Gasteiger partial charge in [-0.05, 0) is 111 Å². The zero-order valence-corrected chi connectivity index (χ0v) is 32.7. The number of unbranched alkanes of at least 4 members (excludes halogenated alkanes) is 19. The molecule has 0 radical (unpaired) electrons. The van der Waals surface area contributed by atoms with Crippen LogP contribution in [0, 0.1) is 0 Å². The predicted molar refractivity (Wildman–Crippen MR) is 213 cm³/mol. The molecule has 0 fully saturated rings. The van der Waals surface area contributed by atoms with Crippen LogP contribution in [0.15, 0.2) is 60.6 Å². The fourth-order valence-electron chi connectivity index (χ4n) is 6.41. The van der Waals surface area contributed by atoms with Crippen molar-refractivity contribution in [3.63, 3.8) is 0 Å². The zero-order valence-electron chi connectivity index (χ0n) is 32.7. The lowest BCUT2D eigenvalue weighted by molar-refractivity contribution is -0.161. The van der Waals surface area contributed by atoms with Crippen molar-refractivity contribution in [2.45, 2.75) is 206 Å². The highest BCUT2D eigenvalue weighted by atomic mass is 16.7. The van der Waals surface area contributed by atoms with Crippen molar-refractivity contribution >= 4 is 0 Å². The first-order valence-electron chi connectivity index (χ1n) is 20.9. The van der Waals surface area contributed by atoms with Gasteiger partial charge in [0.1, 0.15) is 12.0 Å². The SMILES string of the molecule is CCCCC/C=C\C/C=C\CCCCCCCCC1(CCCCCCCC/C=C\C/C=C\CCCCC)OC=C(CCCCN(C)C)O1. The smallest absolute Gasteiger partial charge is 0.250 e. The molecule has 278 valence electrons. The van der Waals surface area contributed by atoms with Gasteiger partial charge in [0.25, 0.3) is 0 Å². The Labute approximate surface area is 300 Å². The van der Waals surface area contributed by atoms with Gasteiger partial charge >= 0.3 is 0 Å². The number of allylic oxidation sites excluding steroid dienone is 9. The molecule has 1 heterocycles.